The van der Waals surface area contributed by atoms with Crippen LogP contribution in [0.4, 0.5) is 11.4 Å². The van der Waals surface area contributed by atoms with E-state index in [1.54, 1.807) is 24.3 Å². The lowest BCUT2D eigenvalue weighted by Crippen LogP contribution is -2.31. The van der Waals surface area contributed by atoms with Crippen LogP contribution in [0.25, 0.3) is 6.08 Å². The van der Waals surface area contributed by atoms with E-state index in [4.69, 9.17) is 9.47 Å². The summed E-state index contributed by atoms with van der Waals surface area (Å²) in [6.07, 6.45) is 0.503. The molecule has 2 aromatic carbocycles. The first kappa shape index (κ1) is 18.1. The van der Waals surface area contributed by atoms with Crippen molar-refractivity contribution >= 4 is 29.3 Å². The number of fused-ring (bicyclic) bond motifs is 1. The Morgan fingerprint density at radius 2 is 1.89 bits per heavy atom. The number of hydrogen-bond acceptors (Lipinski definition) is 6. The van der Waals surface area contributed by atoms with Crippen LogP contribution in [0.2, 0.25) is 0 Å². The number of esters is 1. The van der Waals surface area contributed by atoms with Gasteiger partial charge in [0.25, 0.3) is 11.6 Å². The van der Waals surface area contributed by atoms with Gasteiger partial charge in [-0.3, -0.25) is 14.9 Å². The van der Waals surface area contributed by atoms with Crippen LogP contribution in [0.5, 0.6) is 5.75 Å². The summed E-state index contributed by atoms with van der Waals surface area (Å²) in [5.74, 6) is -0.693. The monoisotopic (exact) mass is 368 g/mol. The second-order valence-corrected chi connectivity index (χ2v) is 5.81. The number of hydrogen-bond donors (Lipinski definition) is 1. The fraction of sp³-hybridized carbons (Fsp3) is 0.158. The number of nitrogens with one attached hydrogen (secondary N) is 1. The third-order valence-electron chi connectivity index (χ3n) is 3.91. The van der Waals surface area contributed by atoms with Crippen LogP contribution in [-0.4, -0.2) is 29.5 Å². The number of nitrogens with zero attached hydrogens (tertiary/aromatic N) is 1. The highest BCUT2D eigenvalue weighted by Gasteiger charge is 2.25. The zero-order chi connectivity index (χ0) is 19.4. The highest BCUT2D eigenvalue weighted by Crippen LogP contribution is 2.27. The number of rotatable bonds is 5. The summed E-state index contributed by atoms with van der Waals surface area (Å²) in [6.45, 7) is 1.43. The summed E-state index contributed by atoms with van der Waals surface area (Å²) in [4.78, 5) is 34.9. The van der Waals surface area contributed by atoms with Gasteiger partial charge in [-0.25, -0.2) is 4.79 Å². The summed E-state index contributed by atoms with van der Waals surface area (Å²) >= 11 is 0. The van der Waals surface area contributed by atoms with Gasteiger partial charge in [0.15, 0.2) is 6.10 Å². The predicted molar refractivity (Wildman–Crippen MR) is 97.2 cm³/mol. The molecule has 0 radical (unpaired) electrons. The van der Waals surface area contributed by atoms with Crippen LogP contribution in [0.15, 0.2) is 54.1 Å². The summed E-state index contributed by atoms with van der Waals surface area (Å²) in [5.41, 5.74) is 0.806. The Morgan fingerprint density at radius 3 is 2.67 bits per heavy atom. The van der Waals surface area contributed by atoms with Gasteiger partial charge >= 0.3 is 5.97 Å². The highest BCUT2D eigenvalue weighted by atomic mass is 16.6. The Kier molecular flexibility index (Phi) is 5.16. The fourth-order valence-electron chi connectivity index (χ4n) is 2.50. The lowest BCUT2D eigenvalue weighted by molar-refractivity contribution is -0.383. The van der Waals surface area contributed by atoms with Crippen molar-refractivity contribution in [2.75, 3.05) is 11.9 Å². The van der Waals surface area contributed by atoms with E-state index in [1.807, 2.05) is 12.1 Å². The minimum Gasteiger partial charge on any atom is -0.488 e. The Hall–Kier alpha value is -3.68. The van der Waals surface area contributed by atoms with Crippen LogP contribution in [0.1, 0.15) is 12.5 Å². The second-order valence-electron chi connectivity index (χ2n) is 5.81. The lowest BCUT2D eigenvalue weighted by atomic mass is 10.1. The maximum atomic E-state index is 12.3. The van der Waals surface area contributed by atoms with Crippen LogP contribution in [-0.2, 0) is 14.3 Å². The first-order valence-corrected chi connectivity index (χ1v) is 8.13. The first-order valence-electron chi connectivity index (χ1n) is 8.13. The molecule has 0 spiro atoms. The molecule has 8 nitrogen and oxygen atoms in total. The van der Waals surface area contributed by atoms with Gasteiger partial charge in [-0.1, -0.05) is 30.3 Å². The average Bonchev–Trinajstić information content (AvgIpc) is 2.67. The van der Waals surface area contributed by atoms with Gasteiger partial charge in [0.05, 0.1) is 10.5 Å². The third-order valence-corrected chi connectivity index (χ3v) is 3.91. The van der Waals surface area contributed by atoms with E-state index in [2.05, 4.69) is 5.32 Å². The van der Waals surface area contributed by atoms with Crippen molar-refractivity contribution < 1.29 is 24.0 Å². The zero-order valence-electron chi connectivity index (χ0n) is 14.4. The number of anilines is 1. The topological polar surface area (TPSA) is 108 Å². The molecule has 1 heterocycles. The molecule has 1 atom stereocenters. The first-order chi connectivity index (χ1) is 13.0. The Morgan fingerprint density at radius 1 is 1.19 bits per heavy atom. The Balaban J connectivity index is 1.66. The molecule has 1 aliphatic heterocycles. The van der Waals surface area contributed by atoms with Gasteiger partial charge < -0.3 is 14.8 Å². The molecule has 1 N–H and O–H groups in total. The molecule has 0 saturated heterocycles. The van der Waals surface area contributed by atoms with Gasteiger partial charge in [0.1, 0.15) is 18.0 Å². The standard InChI is InChI=1S/C19H16N2O6/c1-12(18(22)20-15-7-3-4-8-16(15)21(24)25)27-19(23)14-10-13-6-2-5-9-17(13)26-11-14/h2-10,12H,11H2,1H3,(H,20,22)/t12-/m1/s1. The van der Waals surface area contributed by atoms with Gasteiger partial charge in [-0.05, 0) is 25.1 Å². The number of ether oxygens (including phenoxy) is 2. The van der Waals surface area contributed by atoms with Crippen molar-refractivity contribution in [3.8, 4) is 5.75 Å². The van der Waals surface area contributed by atoms with Gasteiger partial charge in [0.2, 0.25) is 0 Å². The molecule has 1 aliphatic rings. The zero-order valence-corrected chi connectivity index (χ0v) is 14.4. The van der Waals surface area contributed by atoms with Crippen LogP contribution >= 0.6 is 0 Å². The summed E-state index contributed by atoms with van der Waals surface area (Å²) in [5, 5.41) is 13.4. The largest absolute Gasteiger partial charge is 0.488 e. The van der Waals surface area contributed by atoms with Gasteiger partial charge in [-0.15, -0.1) is 0 Å². The summed E-state index contributed by atoms with van der Waals surface area (Å²) in [6, 6.07) is 12.9. The molecular formula is C19H16N2O6. The number of nitro groups is 1. The van der Waals surface area contributed by atoms with Crippen molar-refractivity contribution in [2.24, 2.45) is 0 Å². The normalized spacial score (nSPS) is 13.4. The molecule has 27 heavy (non-hydrogen) atoms. The Labute approximate surface area is 154 Å². The minimum atomic E-state index is -1.14. The lowest BCUT2D eigenvalue weighted by Gasteiger charge is -2.19. The molecule has 8 heteroatoms. The van der Waals surface area contributed by atoms with E-state index in [1.165, 1.54) is 25.1 Å². The molecule has 0 fully saturated rings. The number of carbonyl (C=O) groups is 2. The average molecular weight is 368 g/mol. The third kappa shape index (κ3) is 4.12. The molecule has 138 valence electrons. The molecular weight excluding hydrogens is 352 g/mol. The van der Waals surface area contributed by atoms with Crippen molar-refractivity contribution in [1.82, 2.24) is 0 Å². The van der Waals surface area contributed by atoms with E-state index in [0.29, 0.717) is 5.75 Å². The smallest absolute Gasteiger partial charge is 0.338 e. The van der Waals surface area contributed by atoms with Crippen LogP contribution < -0.4 is 10.1 Å². The van der Waals surface area contributed by atoms with Gasteiger partial charge in [-0.2, -0.15) is 0 Å². The van der Waals surface area contributed by atoms with Crippen molar-refractivity contribution in [3.63, 3.8) is 0 Å². The maximum Gasteiger partial charge on any atom is 0.338 e. The van der Waals surface area contributed by atoms with Crippen LogP contribution in [0.3, 0.4) is 0 Å². The number of nitro benzene ring substituents is 1. The van der Waals surface area contributed by atoms with E-state index >= 15 is 0 Å². The number of benzene rings is 2. The Bertz CT molecular complexity index is 937. The fourth-order valence-corrected chi connectivity index (χ4v) is 2.50. The molecule has 3 rings (SSSR count). The second kappa shape index (κ2) is 7.69. The molecule has 0 bridgehead atoms. The van der Waals surface area contributed by atoms with E-state index in [9.17, 15) is 19.7 Å². The number of carbonyl (C=O) groups excluding carboxylic acids is 2. The van der Waals surface area contributed by atoms with E-state index in [-0.39, 0.29) is 23.6 Å². The van der Waals surface area contributed by atoms with E-state index in [0.717, 1.165) is 5.56 Å². The molecule has 2 aromatic rings. The highest BCUT2D eigenvalue weighted by molar-refractivity contribution is 6.00. The number of para-hydroxylation sites is 3. The van der Waals surface area contributed by atoms with Gasteiger partial charge in [0, 0.05) is 11.6 Å². The van der Waals surface area contributed by atoms with Crippen molar-refractivity contribution in [3.05, 3.63) is 69.8 Å². The van der Waals surface area contributed by atoms with E-state index < -0.39 is 22.9 Å². The number of amides is 1. The van der Waals surface area contributed by atoms with Crippen molar-refractivity contribution in [1.29, 1.82) is 0 Å². The molecule has 0 unspecified atom stereocenters. The summed E-state index contributed by atoms with van der Waals surface area (Å²) in [7, 11) is 0. The quantitative estimate of drug-likeness (QED) is 0.494. The summed E-state index contributed by atoms with van der Waals surface area (Å²) < 4.78 is 10.7. The predicted octanol–water partition coefficient (Wildman–Crippen LogP) is 2.94. The SMILES string of the molecule is C[C@@H](OC(=O)C1=Cc2ccccc2OC1)C(=O)Nc1ccccc1[N+](=O)[O-]. The van der Waals surface area contributed by atoms with Crippen LogP contribution in [0, 0.1) is 10.1 Å². The minimum absolute atomic E-state index is 0.0320. The molecule has 1 amide bonds. The molecule has 0 aliphatic carbocycles. The van der Waals surface area contributed by atoms with Crippen molar-refractivity contribution in [2.45, 2.75) is 13.0 Å². The molecule has 0 saturated carbocycles. The molecule has 0 aromatic heterocycles. The maximum absolute atomic E-state index is 12.3.